The molecule has 0 aliphatic rings. The van der Waals surface area contributed by atoms with Crippen molar-refractivity contribution in [3.63, 3.8) is 0 Å². The molecule has 3 aromatic carbocycles. The molecule has 0 saturated carbocycles. The lowest BCUT2D eigenvalue weighted by molar-refractivity contribution is 0.485. The van der Waals surface area contributed by atoms with E-state index in [0.717, 1.165) is 11.1 Å². The molecule has 0 aliphatic carbocycles. The van der Waals surface area contributed by atoms with Gasteiger partial charge in [-0.15, -0.1) is 0 Å². The molecule has 3 aromatic rings. The average molecular weight is 375 g/mol. The van der Waals surface area contributed by atoms with Gasteiger partial charge >= 0.3 is 10.1 Å². The SMILES string of the molecule is Cc1ccc(S(=O)(=O)Oc2ccccc2/C=C(\C#N)c2ccccc2)cc1. The van der Waals surface area contributed by atoms with Crippen molar-refractivity contribution in [2.24, 2.45) is 0 Å². The number of aryl methyl sites for hydroxylation is 1. The van der Waals surface area contributed by atoms with Crippen molar-refractivity contribution in [1.29, 1.82) is 5.26 Å². The van der Waals surface area contributed by atoms with Gasteiger partial charge in [0.2, 0.25) is 0 Å². The highest BCUT2D eigenvalue weighted by Gasteiger charge is 2.18. The molecule has 0 spiro atoms. The zero-order valence-electron chi connectivity index (χ0n) is 14.7. The van der Waals surface area contributed by atoms with E-state index in [2.05, 4.69) is 6.07 Å². The first-order valence-corrected chi connectivity index (χ1v) is 9.68. The van der Waals surface area contributed by atoms with Crippen LogP contribution < -0.4 is 4.18 Å². The zero-order chi connectivity index (χ0) is 19.3. The van der Waals surface area contributed by atoms with Gasteiger partial charge in [-0.25, -0.2) is 0 Å². The molecule has 0 atom stereocenters. The molecule has 0 bridgehead atoms. The molecule has 27 heavy (non-hydrogen) atoms. The molecule has 134 valence electrons. The van der Waals surface area contributed by atoms with E-state index >= 15 is 0 Å². The summed E-state index contributed by atoms with van der Waals surface area (Å²) in [6.45, 7) is 1.88. The van der Waals surface area contributed by atoms with Crippen molar-refractivity contribution in [3.05, 3.63) is 95.6 Å². The third-order valence-electron chi connectivity index (χ3n) is 3.93. The van der Waals surface area contributed by atoms with E-state index in [0.29, 0.717) is 11.1 Å². The molecule has 0 aromatic heterocycles. The first kappa shape index (κ1) is 18.4. The summed E-state index contributed by atoms with van der Waals surface area (Å²) in [5, 5.41) is 9.49. The first-order valence-electron chi connectivity index (χ1n) is 8.27. The normalized spacial score (nSPS) is 11.6. The Hall–Kier alpha value is -3.36. The van der Waals surface area contributed by atoms with Crippen LogP contribution in [-0.4, -0.2) is 8.42 Å². The van der Waals surface area contributed by atoms with Crippen LogP contribution in [0.3, 0.4) is 0 Å². The van der Waals surface area contributed by atoms with Gasteiger partial charge in [0, 0.05) is 5.56 Å². The van der Waals surface area contributed by atoms with Crippen LogP contribution in [0.1, 0.15) is 16.7 Å². The van der Waals surface area contributed by atoms with E-state index in [1.54, 1.807) is 42.5 Å². The number of para-hydroxylation sites is 1. The molecule has 0 N–H and O–H groups in total. The van der Waals surface area contributed by atoms with Gasteiger partial charge < -0.3 is 4.18 Å². The summed E-state index contributed by atoms with van der Waals surface area (Å²) in [4.78, 5) is 0.0791. The van der Waals surface area contributed by atoms with E-state index in [1.165, 1.54) is 12.1 Å². The Morgan fingerprint density at radius 3 is 2.22 bits per heavy atom. The quantitative estimate of drug-likeness (QED) is 0.364. The van der Waals surface area contributed by atoms with Crippen molar-refractivity contribution in [2.45, 2.75) is 11.8 Å². The van der Waals surface area contributed by atoms with E-state index in [1.807, 2.05) is 37.3 Å². The molecule has 5 heteroatoms. The van der Waals surface area contributed by atoms with Crippen LogP contribution >= 0.6 is 0 Å². The molecule has 0 radical (unpaired) electrons. The van der Waals surface area contributed by atoms with E-state index in [-0.39, 0.29) is 10.6 Å². The zero-order valence-corrected chi connectivity index (χ0v) is 15.5. The van der Waals surface area contributed by atoms with Crippen LogP contribution in [-0.2, 0) is 10.1 Å². The molecule has 0 amide bonds. The van der Waals surface area contributed by atoms with Crippen LogP contribution in [0.5, 0.6) is 5.75 Å². The van der Waals surface area contributed by atoms with Crippen molar-refractivity contribution in [2.75, 3.05) is 0 Å². The first-order chi connectivity index (χ1) is 13.0. The second-order valence-corrected chi connectivity index (χ2v) is 7.47. The number of hydrogen-bond donors (Lipinski definition) is 0. The van der Waals surface area contributed by atoms with Crippen LogP contribution in [0.15, 0.2) is 83.8 Å². The fourth-order valence-electron chi connectivity index (χ4n) is 2.50. The van der Waals surface area contributed by atoms with Crippen molar-refractivity contribution in [3.8, 4) is 11.8 Å². The lowest BCUT2D eigenvalue weighted by atomic mass is 10.0. The summed E-state index contributed by atoms with van der Waals surface area (Å²) >= 11 is 0. The number of allylic oxidation sites excluding steroid dienone is 1. The number of benzene rings is 3. The molecule has 0 saturated heterocycles. The maximum absolute atomic E-state index is 12.6. The maximum atomic E-state index is 12.6. The Bertz CT molecular complexity index is 1110. The van der Waals surface area contributed by atoms with Crippen molar-refractivity contribution < 1.29 is 12.6 Å². The minimum absolute atomic E-state index is 0.0791. The number of nitriles is 1. The topological polar surface area (TPSA) is 67.2 Å². The molecule has 4 nitrogen and oxygen atoms in total. The molecule has 0 aliphatic heterocycles. The monoisotopic (exact) mass is 375 g/mol. The summed E-state index contributed by atoms with van der Waals surface area (Å²) in [5.74, 6) is 0.168. The molecule has 0 heterocycles. The van der Waals surface area contributed by atoms with Crippen LogP contribution in [0.4, 0.5) is 0 Å². The minimum Gasteiger partial charge on any atom is -0.378 e. The smallest absolute Gasteiger partial charge is 0.339 e. The van der Waals surface area contributed by atoms with E-state index < -0.39 is 10.1 Å². The van der Waals surface area contributed by atoms with Crippen LogP contribution in [0.2, 0.25) is 0 Å². The predicted octanol–water partition coefficient (Wildman–Crippen LogP) is 4.83. The summed E-state index contributed by atoms with van der Waals surface area (Å²) < 4.78 is 30.5. The summed E-state index contributed by atoms with van der Waals surface area (Å²) in [6, 6.07) is 24.5. The predicted molar refractivity (Wildman–Crippen MR) is 105 cm³/mol. The molecular formula is C22H17NO3S. The standard InChI is InChI=1S/C22H17NO3S/c1-17-11-13-21(14-12-17)27(24,25)26-22-10-6-5-9-19(22)15-20(16-23)18-7-3-2-4-8-18/h2-15H,1H3/b20-15+. The van der Waals surface area contributed by atoms with Gasteiger partial charge in [0.25, 0.3) is 0 Å². The van der Waals surface area contributed by atoms with Crippen LogP contribution in [0.25, 0.3) is 11.6 Å². The van der Waals surface area contributed by atoms with E-state index in [4.69, 9.17) is 4.18 Å². The number of rotatable bonds is 5. The van der Waals surface area contributed by atoms with Gasteiger partial charge in [0.15, 0.2) is 0 Å². The third-order valence-corrected chi connectivity index (χ3v) is 5.18. The fraction of sp³-hybridized carbons (Fsp3) is 0.0455. The molecule has 0 unspecified atom stereocenters. The lowest BCUT2D eigenvalue weighted by Crippen LogP contribution is -2.10. The van der Waals surface area contributed by atoms with Gasteiger partial charge in [0.1, 0.15) is 10.6 Å². The Morgan fingerprint density at radius 1 is 0.926 bits per heavy atom. The second kappa shape index (κ2) is 7.90. The van der Waals surface area contributed by atoms with Crippen molar-refractivity contribution in [1.82, 2.24) is 0 Å². The van der Waals surface area contributed by atoms with Gasteiger partial charge in [-0.1, -0.05) is 66.2 Å². The summed E-state index contributed by atoms with van der Waals surface area (Å²) in [5.41, 5.74) is 2.63. The largest absolute Gasteiger partial charge is 0.378 e. The molecule has 0 fully saturated rings. The van der Waals surface area contributed by atoms with Crippen LogP contribution in [0, 0.1) is 18.3 Å². The number of hydrogen-bond acceptors (Lipinski definition) is 4. The highest BCUT2D eigenvalue weighted by Crippen LogP contribution is 2.27. The average Bonchev–Trinajstić information content (AvgIpc) is 2.68. The summed E-state index contributed by atoms with van der Waals surface area (Å²) in [6.07, 6.45) is 1.62. The Labute approximate surface area is 159 Å². The fourth-order valence-corrected chi connectivity index (χ4v) is 3.45. The Balaban J connectivity index is 1.98. The van der Waals surface area contributed by atoms with Gasteiger partial charge in [0.05, 0.1) is 11.6 Å². The Morgan fingerprint density at radius 2 is 1.56 bits per heavy atom. The third kappa shape index (κ3) is 4.43. The second-order valence-electron chi connectivity index (χ2n) is 5.92. The molecular weight excluding hydrogens is 358 g/mol. The lowest BCUT2D eigenvalue weighted by Gasteiger charge is -2.10. The molecule has 3 rings (SSSR count). The van der Waals surface area contributed by atoms with Gasteiger partial charge in [-0.2, -0.15) is 13.7 Å². The van der Waals surface area contributed by atoms with Gasteiger partial charge in [-0.3, -0.25) is 0 Å². The summed E-state index contributed by atoms with van der Waals surface area (Å²) in [7, 11) is -3.97. The highest BCUT2D eigenvalue weighted by molar-refractivity contribution is 7.87. The van der Waals surface area contributed by atoms with E-state index in [9.17, 15) is 13.7 Å². The minimum atomic E-state index is -3.97. The highest BCUT2D eigenvalue weighted by atomic mass is 32.2. The van der Waals surface area contributed by atoms with Gasteiger partial charge in [-0.05, 0) is 36.8 Å². The maximum Gasteiger partial charge on any atom is 0.339 e. The van der Waals surface area contributed by atoms with Crippen molar-refractivity contribution >= 4 is 21.8 Å². The Kier molecular flexibility index (Phi) is 5.39. The number of nitrogens with zero attached hydrogens (tertiary/aromatic N) is 1.